The minimum Gasteiger partial charge on any atom is -0.284 e. The summed E-state index contributed by atoms with van der Waals surface area (Å²) in [6.07, 6.45) is 18.5. The van der Waals surface area contributed by atoms with Gasteiger partial charge >= 0.3 is 0 Å². The van der Waals surface area contributed by atoms with Crippen molar-refractivity contribution in [2.24, 2.45) is 0 Å². The number of anilines is 3. The number of hydrogen-bond acceptors (Lipinski definition) is 5. The van der Waals surface area contributed by atoms with E-state index in [2.05, 4.69) is 15.2 Å². The van der Waals surface area contributed by atoms with Gasteiger partial charge in [0, 0.05) is 29.5 Å². The highest BCUT2D eigenvalue weighted by Crippen LogP contribution is 2.31. The third-order valence-corrected chi connectivity index (χ3v) is 4.81. The summed E-state index contributed by atoms with van der Waals surface area (Å²) in [5.41, 5.74) is 2.74. The lowest BCUT2D eigenvalue weighted by Crippen LogP contribution is -2.20. The third-order valence-electron chi connectivity index (χ3n) is 4.81. The quantitative estimate of drug-likeness (QED) is 0.539. The summed E-state index contributed by atoms with van der Waals surface area (Å²) in [7, 11) is 0. The molecule has 0 fully saturated rings. The zero-order valence-corrected chi connectivity index (χ0v) is 16.5. The predicted molar refractivity (Wildman–Crippen MR) is 122 cm³/mol. The van der Waals surface area contributed by atoms with Gasteiger partial charge in [-0.3, -0.25) is 19.4 Å². The molecule has 7 nitrogen and oxygen atoms in total. The molecule has 1 aliphatic rings. The Balaban J connectivity index is 1.73. The number of nitrogens with one attached hydrogen (secondary N) is 1. The molecule has 0 unspecified atom stereocenters. The lowest BCUT2D eigenvalue weighted by molar-refractivity contribution is 1.02. The first-order valence-electron chi connectivity index (χ1n) is 9.76. The molecular formula is C24H18N6O. The maximum atomic E-state index is 12.9. The molecule has 1 N–H and O–H groups in total. The van der Waals surface area contributed by atoms with Crippen LogP contribution in [0, 0.1) is 0 Å². The second-order valence-electron chi connectivity index (χ2n) is 6.80. The minimum absolute atomic E-state index is 0.166. The van der Waals surface area contributed by atoms with Crippen molar-refractivity contribution in [3.05, 3.63) is 114 Å². The van der Waals surface area contributed by atoms with Crippen molar-refractivity contribution in [1.29, 1.82) is 0 Å². The summed E-state index contributed by atoms with van der Waals surface area (Å²) in [5, 5.41) is 7.67. The number of aromatic nitrogens is 5. The molecule has 3 aromatic heterocycles. The van der Waals surface area contributed by atoms with Crippen LogP contribution in [0.5, 0.6) is 0 Å². The van der Waals surface area contributed by atoms with Crippen LogP contribution < -0.4 is 10.5 Å². The van der Waals surface area contributed by atoms with Crippen LogP contribution in [0.3, 0.4) is 0 Å². The number of fused-ring (bicyclic) bond motifs is 1. The van der Waals surface area contributed by atoms with Gasteiger partial charge in [0.1, 0.15) is 0 Å². The van der Waals surface area contributed by atoms with Gasteiger partial charge in [0.25, 0.3) is 5.56 Å². The maximum Gasteiger partial charge on any atom is 0.256 e. The summed E-state index contributed by atoms with van der Waals surface area (Å²) in [6.45, 7) is 0. The molecule has 4 aromatic rings. The molecular weight excluding hydrogens is 388 g/mol. The topological polar surface area (TPSA) is 79.7 Å². The summed E-state index contributed by atoms with van der Waals surface area (Å²) in [4.78, 5) is 24.2. The number of hydrogen-bond donors (Lipinski definition) is 1. The Morgan fingerprint density at radius 1 is 0.871 bits per heavy atom. The number of allylic oxidation sites excluding steroid dienone is 8. The summed E-state index contributed by atoms with van der Waals surface area (Å²) >= 11 is 0. The fourth-order valence-corrected chi connectivity index (χ4v) is 3.40. The first kappa shape index (κ1) is 18.5. The van der Waals surface area contributed by atoms with E-state index in [0.29, 0.717) is 11.6 Å². The third kappa shape index (κ3) is 3.60. The Morgan fingerprint density at radius 3 is 2.55 bits per heavy atom. The summed E-state index contributed by atoms with van der Waals surface area (Å²) in [6, 6.07) is 13.1. The van der Waals surface area contributed by atoms with Crippen LogP contribution in [0.2, 0.25) is 0 Å². The van der Waals surface area contributed by atoms with E-state index >= 15 is 0 Å². The van der Waals surface area contributed by atoms with Gasteiger partial charge in [-0.15, -0.1) is 0 Å². The second kappa shape index (κ2) is 8.08. The molecule has 0 radical (unpaired) electrons. The maximum absolute atomic E-state index is 12.9. The number of H-pyrrole nitrogens is 1. The van der Waals surface area contributed by atoms with E-state index in [-0.39, 0.29) is 5.56 Å². The van der Waals surface area contributed by atoms with Crippen LogP contribution in [-0.4, -0.2) is 24.7 Å². The number of pyridine rings is 1. The summed E-state index contributed by atoms with van der Waals surface area (Å²) in [5.74, 6) is 0.435. The van der Waals surface area contributed by atoms with Crippen LogP contribution in [-0.2, 0) is 0 Å². The fourth-order valence-electron chi connectivity index (χ4n) is 3.40. The van der Waals surface area contributed by atoms with Crippen molar-refractivity contribution in [1.82, 2.24) is 24.7 Å². The molecule has 5 rings (SSSR count). The fraction of sp³-hybridized carbons (Fsp3) is 0. The van der Waals surface area contributed by atoms with Crippen LogP contribution in [0.1, 0.15) is 0 Å². The number of benzene rings is 1. The molecule has 0 bridgehead atoms. The molecule has 1 aliphatic carbocycles. The van der Waals surface area contributed by atoms with E-state index in [4.69, 9.17) is 4.98 Å². The zero-order chi connectivity index (χ0) is 21.0. The van der Waals surface area contributed by atoms with Crippen LogP contribution >= 0.6 is 0 Å². The zero-order valence-electron chi connectivity index (χ0n) is 16.5. The Bertz CT molecular complexity index is 1400. The largest absolute Gasteiger partial charge is 0.284 e. The number of para-hydroxylation sites is 1. The predicted octanol–water partition coefficient (Wildman–Crippen LogP) is 4.51. The Labute approximate surface area is 178 Å². The first-order chi connectivity index (χ1) is 15.3. The van der Waals surface area contributed by atoms with E-state index in [1.165, 1.54) is 6.07 Å². The number of nitrogens with zero attached hydrogens (tertiary/aromatic N) is 5. The molecule has 31 heavy (non-hydrogen) atoms. The van der Waals surface area contributed by atoms with Gasteiger partial charge in [0.05, 0.1) is 17.6 Å². The van der Waals surface area contributed by atoms with Crippen LogP contribution in [0.25, 0.3) is 16.7 Å². The van der Waals surface area contributed by atoms with Crippen molar-refractivity contribution >= 4 is 34.1 Å². The molecule has 0 atom stereocenters. The molecule has 0 spiro atoms. The van der Waals surface area contributed by atoms with Crippen molar-refractivity contribution in [2.45, 2.75) is 0 Å². The van der Waals surface area contributed by atoms with Gasteiger partial charge in [-0.1, -0.05) is 48.6 Å². The van der Waals surface area contributed by atoms with E-state index in [9.17, 15) is 4.79 Å². The Hall–Kier alpha value is -4.52. The highest BCUT2D eigenvalue weighted by atomic mass is 16.1. The van der Waals surface area contributed by atoms with Crippen molar-refractivity contribution in [3.8, 4) is 0 Å². The molecule has 0 amide bonds. The van der Waals surface area contributed by atoms with Gasteiger partial charge in [-0.2, -0.15) is 10.1 Å². The van der Waals surface area contributed by atoms with Crippen LogP contribution in [0.15, 0.2) is 108 Å². The standard InChI is InChI=1S/C24H18N6O/c31-22-14-13-18-15-25-24(28-23(18)30(22)20-11-5-2-1-3-6-12-20)29(21-16-26-27-17-21)19-9-7-4-8-10-19/h1-17H,(H,26,27). The van der Waals surface area contributed by atoms with Crippen molar-refractivity contribution in [2.75, 3.05) is 4.90 Å². The molecule has 0 saturated carbocycles. The van der Waals surface area contributed by atoms with Gasteiger partial charge in [-0.05, 0) is 30.4 Å². The van der Waals surface area contributed by atoms with Crippen molar-refractivity contribution < 1.29 is 0 Å². The van der Waals surface area contributed by atoms with Crippen LogP contribution in [0.4, 0.5) is 17.3 Å². The molecule has 0 saturated heterocycles. The summed E-state index contributed by atoms with van der Waals surface area (Å²) < 4.78 is 1.60. The average molecular weight is 406 g/mol. The second-order valence-corrected chi connectivity index (χ2v) is 6.80. The molecule has 7 heteroatoms. The molecule has 150 valence electrons. The number of aromatic amines is 1. The van der Waals surface area contributed by atoms with Gasteiger partial charge in [0.2, 0.25) is 5.95 Å². The monoisotopic (exact) mass is 406 g/mol. The van der Waals surface area contributed by atoms with Crippen molar-refractivity contribution in [3.63, 3.8) is 0 Å². The normalized spacial score (nSPS) is 13.1. The lowest BCUT2D eigenvalue weighted by atomic mass is 10.2. The molecule has 3 heterocycles. The highest BCUT2D eigenvalue weighted by Gasteiger charge is 2.18. The van der Waals surface area contributed by atoms with Gasteiger partial charge in [0.15, 0.2) is 5.65 Å². The highest BCUT2D eigenvalue weighted by molar-refractivity contribution is 5.82. The molecule has 1 aromatic carbocycles. The van der Waals surface area contributed by atoms with E-state index < -0.39 is 0 Å². The van der Waals surface area contributed by atoms with E-state index in [1.807, 2.05) is 77.8 Å². The first-order valence-corrected chi connectivity index (χ1v) is 9.76. The van der Waals surface area contributed by atoms with Gasteiger partial charge in [-0.25, -0.2) is 4.98 Å². The molecule has 0 aliphatic heterocycles. The lowest BCUT2D eigenvalue weighted by Gasteiger charge is -2.21. The average Bonchev–Trinajstić information content (AvgIpc) is 3.30. The Morgan fingerprint density at radius 2 is 1.71 bits per heavy atom. The van der Waals surface area contributed by atoms with Gasteiger partial charge < -0.3 is 0 Å². The van der Waals surface area contributed by atoms with E-state index in [1.54, 1.807) is 29.2 Å². The SMILES string of the molecule is O=c1ccc2cnc(N(c3ccccc3)c3cn[nH]c3)nc2n1C1=CC=CC=CC=C1. The Kier molecular flexibility index (Phi) is 4.82. The minimum atomic E-state index is -0.166. The smallest absolute Gasteiger partial charge is 0.256 e. The van der Waals surface area contributed by atoms with E-state index in [0.717, 1.165) is 22.5 Å². The number of rotatable bonds is 4.